The summed E-state index contributed by atoms with van der Waals surface area (Å²) < 4.78 is 26.8. The predicted octanol–water partition coefficient (Wildman–Crippen LogP) is 0.817. The predicted molar refractivity (Wildman–Crippen MR) is 165 cm³/mol. The third-order valence-corrected chi connectivity index (χ3v) is 8.32. The van der Waals surface area contributed by atoms with E-state index in [4.69, 9.17) is 28.8 Å². The van der Waals surface area contributed by atoms with E-state index in [-0.39, 0.29) is 0 Å². The molecule has 0 aromatic carbocycles. The van der Waals surface area contributed by atoms with E-state index in [1.54, 1.807) is 55.4 Å². The Morgan fingerprint density at radius 2 is 0.809 bits per heavy atom. The van der Waals surface area contributed by atoms with Crippen molar-refractivity contribution in [2.75, 3.05) is 13.2 Å². The Labute approximate surface area is 276 Å². The van der Waals surface area contributed by atoms with Gasteiger partial charge < -0.3 is 49.2 Å². The van der Waals surface area contributed by atoms with Crippen molar-refractivity contribution in [2.45, 2.75) is 137 Å². The van der Waals surface area contributed by atoms with Gasteiger partial charge in [-0.1, -0.05) is 55.4 Å². The largest absolute Gasteiger partial charge is 0.460 e. The summed E-state index contributed by atoms with van der Waals surface area (Å²) in [6.07, 6.45) is -11.8. The van der Waals surface area contributed by atoms with Gasteiger partial charge in [0.15, 0.2) is 0 Å². The highest BCUT2D eigenvalue weighted by molar-refractivity contribution is 5.86. The van der Waals surface area contributed by atoms with Gasteiger partial charge in [0, 0.05) is 30.6 Å². The molecule has 15 heteroatoms. The minimum absolute atomic E-state index is 0.332. The summed E-state index contributed by atoms with van der Waals surface area (Å²) in [5, 5.41) is 48.4. The number of hydrogen-bond acceptors (Lipinski definition) is 15. The van der Waals surface area contributed by atoms with Crippen LogP contribution in [0.1, 0.15) is 88.0 Å². The van der Waals surface area contributed by atoms with Gasteiger partial charge in [-0.3, -0.25) is 4.79 Å². The van der Waals surface area contributed by atoms with E-state index in [9.17, 15) is 44.4 Å². The van der Waals surface area contributed by atoms with Crippen LogP contribution in [0.15, 0.2) is 0 Å². The zero-order chi connectivity index (χ0) is 36.6. The monoisotopic (exact) mass is 680 g/mol. The summed E-state index contributed by atoms with van der Waals surface area (Å²) in [7, 11) is 0. The summed E-state index contributed by atoms with van der Waals surface area (Å²) in [5.74, 6) is -7.06. The Hall–Kier alpha value is -2.85. The molecule has 274 valence electrons. The topological polar surface area (TPSA) is 233 Å². The van der Waals surface area contributed by atoms with Crippen molar-refractivity contribution in [1.29, 1.82) is 0 Å². The van der Waals surface area contributed by atoms with Crippen molar-refractivity contribution in [3.05, 3.63) is 0 Å². The lowest BCUT2D eigenvalue weighted by Gasteiger charge is -2.30. The van der Waals surface area contributed by atoms with Gasteiger partial charge >= 0.3 is 29.8 Å². The van der Waals surface area contributed by atoms with Gasteiger partial charge in [0.05, 0.1) is 6.61 Å². The van der Waals surface area contributed by atoms with E-state index in [0.29, 0.717) is 25.7 Å². The van der Waals surface area contributed by atoms with Gasteiger partial charge in [-0.2, -0.15) is 0 Å². The van der Waals surface area contributed by atoms with Crippen molar-refractivity contribution >= 4 is 29.8 Å². The quantitative estimate of drug-likeness (QED) is 0.0787. The summed E-state index contributed by atoms with van der Waals surface area (Å²) in [5.41, 5.74) is 0. The molecule has 0 heterocycles. The van der Waals surface area contributed by atoms with Gasteiger partial charge in [-0.05, 0) is 25.7 Å². The third kappa shape index (κ3) is 14.0. The molecule has 0 aliphatic rings. The fraction of sp³-hybridized carbons (Fsp3) is 0.844. The fourth-order valence-corrected chi connectivity index (χ4v) is 4.11. The van der Waals surface area contributed by atoms with Gasteiger partial charge in [0.25, 0.3) is 0 Å². The first-order valence-corrected chi connectivity index (χ1v) is 16.2. The van der Waals surface area contributed by atoms with Crippen LogP contribution in [-0.4, -0.2) is 117 Å². The molecule has 0 fully saturated rings. The summed E-state index contributed by atoms with van der Waals surface area (Å²) in [6.45, 7) is 12.9. The molecule has 0 rings (SSSR count). The minimum Gasteiger partial charge on any atom is -0.460 e. The average Bonchev–Trinajstić information content (AvgIpc) is 3.06. The first kappa shape index (κ1) is 44.1. The number of aliphatic hydroxyl groups is 5. The first-order valence-electron chi connectivity index (χ1n) is 16.2. The van der Waals surface area contributed by atoms with E-state index in [1.807, 2.05) is 0 Å². The second-order valence-corrected chi connectivity index (χ2v) is 12.1. The molecule has 47 heavy (non-hydrogen) atoms. The van der Waals surface area contributed by atoms with Gasteiger partial charge in [-0.25, -0.2) is 19.2 Å². The van der Waals surface area contributed by atoms with Crippen LogP contribution in [0.2, 0.25) is 0 Å². The fourth-order valence-electron chi connectivity index (χ4n) is 4.11. The zero-order valence-electron chi connectivity index (χ0n) is 29.0. The molecule has 0 amide bonds. The van der Waals surface area contributed by atoms with Crippen LogP contribution >= 0.6 is 0 Å². The van der Waals surface area contributed by atoms with Crippen molar-refractivity contribution in [3.8, 4) is 0 Å². The third-order valence-electron chi connectivity index (χ3n) is 8.32. The molecule has 0 unspecified atom stereocenters. The summed E-state index contributed by atoms with van der Waals surface area (Å²) in [6, 6.07) is 0. The first-order chi connectivity index (χ1) is 21.9. The number of aliphatic hydroxyl groups excluding tert-OH is 5. The number of rotatable bonds is 22. The Morgan fingerprint density at radius 3 is 1.11 bits per heavy atom. The number of carbonyl (C=O) groups excluding carboxylic acids is 5. The standard InChI is InChI=1S/C32H56O15/c1-10-16(5)25(29(39)43-15-22(36)24(38)23(37)21(35)14-33)45-31(41)27(18(7)12-3)47-32(42)28(19(8)13-4)46-30(40)26(17(6)11-2)44-20(9)34/h16-19,21-28,33,35-38H,10-15H2,1-9H3/t16-,17+,18-,19-,21-,22+,23-,24+,25+,26+,27+,28+/m1/s1. The Balaban J connectivity index is 6.01. The molecule has 0 saturated carbocycles. The Bertz CT molecular complexity index is 988. The number of carbonyl (C=O) groups is 5. The van der Waals surface area contributed by atoms with Gasteiger partial charge in [-0.15, -0.1) is 0 Å². The molecule has 0 aliphatic carbocycles. The van der Waals surface area contributed by atoms with E-state index < -0.39 is 116 Å². The number of hydrogen-bond donors (Lipinski definition) is 5. The summed E-state index contributed by atoms with van der Waals surface area (Å²) in [4.78, 5) is 64.6. The highest BCUT2D eigenvalue weighted by Crippen LogP contribution is 2.23. The average molecular weight is 681 g/mol. The molecule has 15 nitrogen and oxygen atoms in total. The SMILES string of the molecule is CC[C@@H](C)[C@H](OC(=O)[C@@H](OC(=O)[C@@H](OC(=O)[C@@H](OC(C)=O)[C@@H](C)CC)[C@H](C)CC)[C@H](C)CC)C(=O)OC[C@H](O)[C@H](O)[C@H](O)[C@H](O)CO. The molecule has 0 aromatic rings. The molecule has 5 N–H and O–H groups in total. The molecule has 0 radical (unpaired) electrons. The van der Waals surface area contributed by atoms with Crippen molar-refractivity contribution in [3.63, 3.8) is 0 Å². The zero-order valence-corrected chi connectivity index (χ0v) is 29.0. The second-order valence-electron chi connectivity index (χ2n) is 12.1. The van der Waals surface area contributed by atoms with E-state index in [2.05, 4.69) is 0 Å². The molecular weight excluding hydrogens is 624 g/mol. The van der Waals surface area contributed by atoms with E-state index >= 15 is 0 Å². The van der Waals surface area contributed by atoms with Gasteiger partial charge in [0.1, 0.15) is 31.0 Å². The van der Waals surface area contributed by atoms with Crippen LogP contribution in [0, 0.1) is 23.7 Å². The highest BCUT2D eigenvalue weighted by atomic mass is 16.6. The van der Waals surface area contributed by atoms with Crippen LogP contribution in [-0.2, 0) is 47.7 Å². The number of esters is 5. The lowest BCUT2D eigenvalue weighted by atomic mass is 9.98. The molecule has 0 aromatic heterocycles. The van der Waals surface area contributed by atoms with E-state index in [1.165, 1.54) is 0 Å². The Morgan fingerprint density at radius 1 is 0.511 bits per heavy atom. The van der Waals surface area contributed by atoms with Crippen molar-refractivity contribution in [1.82, 2.24) is 0 Å². The lowest BCUT2D eigenvalue weighted by molar-refractivity contribution is -0.195. The second kappa shape index (κ2) is 21.9. The van der Waals surface area contributed by atoms with Crippen LogP contribution in [0.4, 0.5) is 0 Å². The van der Waals surface area contributed by atoms with Crippen molar-refractivity contribution < 1.29 is 73.2 Å². The van der Waals surface area contributed by atoms with Crippen molar-refractivity contribution in [2.24, 2.45) is 23.7 Å². The molecular formula is C32H56O15. The molecule has 0 bridgehead atoms. The Kier molecular flexibility index (Phi) is 20.6. The maximum atomic E-state index is 13.5. The van der Waals surface area contributed by atoms with Crippen LogP contribution in [0.25, 0.3) is 0 Å². The maximum Gasteiger partial charge on any atom is 0.348 e. The lowest BCUT2D eigenvalue weighted by Crippen LogP contribution is -2.48. The normalized spacial score (nSPS) is 19.2. The van der Waals surface area contributed by atoms with E-state index in [0.717, 1.165) is 6.92 Å². The smallest absolute Gasteiger partial charge is 0.348 e. The van der Waals surface area contributed by atoms with Crippen LogP contribution in [0.3, 0.4) is 0 Å². The molecule has 12 atom stereocenters. The highest BCUT2D eigenvalue weighted by Gasteiger charge is 2.41. The molecule has 0 spiro atoms. The van der Waals surface area contributed by atoms with Gasteiger partial charge in [0.2, 0.25) is 24.4 Å². The maximum absolute atomic E-state index is 13.5. The van der Waals surface area contributed by atoms with Crippen LogP contribution < -0.4 is 0 Å². The van der Waals surface area contributed by atoms with Crippen LogP contribution in [0.5, 0.6) is 0 Å². The summed E-state index contributed by atoms with van der Waals surface area (Å²) >= 11 is 0. The molecule has 0 saturated heterocycles. The molecule has 0 aliphatic heterocycles. The minimum atomic E-state index is -1.98. The number of ether oxygens (including phenoxy) is 5.